The maximum Gasteiger partial charge on any atom is 0.309 e. The Morgan fingerprint density at radius 1 is 1.06 bits per heavy atom. The van der Waals surface area contributed by atoms with Crippen LogP contribution in [-0.4, -0.2) is 48.7 Å². The molecule has 0 aromatic heterocycles. The molecular formula is C27H37FN2O6. The van der Waals surface area contributed by atoms with E-state index in [1.54, 1.807) is 6.92 Å². The predicted molar refractivity (Wildman–Crippen MR) is 131 cm³/mol. The van der Waals surface area contributed by atoms with Crippen LogP contribution in [0.5, 0.6) is 11.5 Å². The standard InChI is InChI=1S/C27H37FN2O6/c1-26(11-12-26)15-29-23(31)17-5-4-6-20(17)30-24(32)18-13-22(19(28)14-21(18)35-3)36-16-7-9-27(2,10-8-16)25(33)34/h13-14,16-17,20H,4-12,15H2,1-3H3,(H,29,31)(H,30,32)(H,33,34)/t16?,17-,20+,27?/m0/s1. The molecule has 0 heterocycles. The van der Waals surface area contributed by atoms with Gasteiger partial charge in [0.05, 0.1) is 30.1 Å². The van der Waals surface area contributed by atoms with Gasteiger partial charge in [-0.05, 0) is 69.8 Å². The number of carboxylic acids is 1. The van der Waals surface area contributed by atoms with E-state index in [4.69, 9.17) is 9.47 Å². The molecule has 9 heteroatoms. The average molecular weight is 505 g/mol. The summed E-state index contributed by atoms with van der Waals surface area (Å²) in [6.45, 7) is 4.52. The van der Waals surface area contributed by atoms with E-state index < -0.39 is 23.1 Å². The first-order valence-electron chi connectivity index (χ1n) is 12.9. The van der Waals surface area contributed by atoms with Crippen LogP contribution in [0.15, 0.2) is 12.1 Å². The highest BCUT2D eigenvalue weighted by Crippen LogP contribution is 2.44. The molecule has 0 bridgehead atoms. The fraction of sp³-hybridized carbons (Fsp3) is 0.667. The molecule has 1 aromatic carbocycles. The zero-order chi connectivity index (χ0) is 26.1. The minimum Gasteiger partial charge on any atom is -0.496 e. The second kappa shape index (κ2) is 10.3. The zero-order valence-corrected chi connectivity index (χ0v) is 21.3. The van der Waals surface area contributed by atoms with Gasteiger partial charge < -0.3 is 25.2 Å². The van der Waals surface area contributed by atoms with Crippen LogP contribution in [0.4, 0.5) is 4.39 Å². The molecular weight excluding hydrogens is 467 g/mol. The number of rotatable bonds is 9. The van der Waals surface area contributed by atoms with Gasteiger partial charge in [-0.3, -0.25) is 14.4 Å². The summed E-state index contributed by atoms with van der Waals surface area (Å²) in [5.41, 5.74) is -0.462. The number of halogens is 1. The molecule has 0 spiro atoms. The van der Waals surface area contributed by atoms with Gasteiger partial charge in [-0.25, -0.2) is 4.39 Å². The summed E-state index contributed by atoms with van der Waals surface area (Å²) < 4.78 is 25.9. The number of amides is 2. The van der Waals surface area contributed by atoms with Crippen molar-refractivity contribution in [3.8, 4) is 11.5 Å². The van der Waals surface area contributed by atoms with Gasteiger partial charge in [0.25, 0.3) is 5.91 Å². The Labute approximate surface area is 211 Å². The smallest absolute Gasteiger partial charge is 0.309 e. The number of hydrogen-bond donors (Lipinski definition) is 3. The van der Waals surface area contributed by atoms with E-state index >= 15 is 0 Å². The van der Waals surface area contributed by atoms with Gasteiger partial charge in [0.15, 0.2) is 11.6 Å². The number of benzene rings is 1. The van der Waals surface area contributed by atoms with Crippen molar-refractivity contribution in [2.75, 3.05) is 13.7 Å². The predicted octanol–water partition coefficient (Wildman–Crippen LogP) is 4.06. The molecule has 3 fully saturated rings. The number of methoxy groups -OCH3 is 1. The molecule has 2 amide bonds. The van der Waals surface area contributed by atoms with E-state index in [2.05, 4.69) is 17.6 Å². The molecule has 3 saturated carbocycles. The van der Waals surface area contributed by atoms with Gasteiger partial charge >= 0.3 is 5.97 Å². The van der Waals surface area contributed by atoms with E-state index in [-0.39, 0.29) is 46.4 Å². The first-order valence-corrected chi connectivity index (χ1v) is 12.9. The Morgan fingerprint density at radius 3 is 2.36 bits per heavy atom. The van der Waals surface area contributed by atoms with Crippen molar-refractivity contribution in [2.24, 2.45) is 16.7 Å². The number of carbonyl (C=O) groups excluding carboxylic acids is 2. The van der Waals surface area contributed by atoms with Gasteiger partial charge in [-0.2, -0.15) is 0 Å². The summed E-state index contributed by atoms with van der Waals surface area (Å²) in [5.74, 6) is -2.25. The molecule has 0 unspecified atom stereocenters. The van der Waals surface area contributed by atoms with Crippen LogP contribution in [-0.2, 0) is 9.59 Å². The Bertz CT molecular complexity index is 1020. The number of hydrogen-bond acceptors (Lipinski definition) is 5. The van der Waals surface area contributed by atoms with Gasteiger partial charge in [0.1, 0.15) is 5.75 Å². The van der Waals surface area contributed by atoms with Crippen LogP contribution >= 0.6 is 0 Å². The van der Waals surface area contributed by atoms with Gasteiger partial charge in [-0.15, -0.1) is 0 Å². The topological polar surface area (TPSA) is 114 Å². The molecule has 3 aliphatic carbocycles. The monoisotopic (exact) mass is 504 g/mol. The molecule has 0 saturated heterocycles. The number of carboxylic acid groups (broad SMARTS) is 1. The second-order valence-electron chi connectivity index (χ2n) is 11.3. The van der Waals surface area contributed by atoms with Crippen molar-refractivity contribution in [3.63, 3.8) is 0 Å². The normalized spacial score (nSPS) is 28.7. The van der Waals surface area contributed by atoms with Crippen molar-refractivity contribution < 1.29 is 33.4 Å². The molecule has 4 rings (SSSR count). The van der Waals surface area contributed by atoms with E-state index in [1.165, 1.54) is 13.2 Å². The quantitative estimate of drug-likeness (QED) is 0.467. The maximum atomic E-state index is 14.8. The second-order valence-corrected chi connectivity index (χ2v) is 11.3. The molecule has 8 nitrogen and oxygen atoms in total. The molecule has 1 aromatic rings. The fourth-order valence-electron chi connectivity index (χ4n) is 5.23. The van der Waals surface area contributed by atoms with Crippen molar-refractivity contribution in [2.45, 2.75) is 83.8 Å². The SMILES string of the molecule is COc1cc(F)c(OC2CCC(C)(C(=O)O)CC2)cc1C(=O)N[C@@H]1CCC[C@@H]1C(=O)NCC1(C)CC1. The molecule has 198 valence electrons. The lowest BCUT2D eigenvalue weighted by atomic mass is 9.75. The maximum absolute atomic E-state index is 14.8. The Morgan fingerprint density at radius 2 is 1.75 bits per heavy atom. The van der Waals surface area contributed by atoms with Crippen LogP contribution < -0.4 is 20.1 Å². The van der Waals surface area contributed by atoms with Gasteiger partial charge in [-0.1, -0.05) is 13.3 Å². The van der Waals surface area contributed by atoms with Gasteiger partial charge in [0, 0.05) is 18.7 Å². The highest BCUT2D eigenvalue weighted by atomic mass is 19.1. The van der Waals surface area contributed by atoms with Crippen LogP contribution in [0.3, 0.4) is 0 Å². The summed E-state index contributed by atoms with van der Waals surface area (Å²) >= 11 is 0. The third kappa shape index (κ3) is 5.76. The molecule has 3 N–H and O–H groups in total. The average Bonchev–Trinajstić information content (AvgIpc) is 3.41. The summed E-state index contributed by atoms with van der Waals surface area (Å²) in [6.07, 6.45) is 5.96. The van der Waals surface area contributed by atoms with E-state index in [1.807, 2.05) is 0 Å². The lowest BCUT2D eigenvalue weighted by Crippen LogP contribution is -2.45. The number of carbonyl (C=O) groups is 3. The highest BCUT2D eigenvalue weighted by Gasteiger charge is 2.40. The van der Waals surface area contributed by atoms with Crippen molar-refractivity contribution in [3.05, 3.63) is 23.5 Å². The van der Waals surface area contributed by atoms with Crippen LogP contribution in [0.1, 0.15) is 82.0 Å². The molecule has 36 heavy (non-hydrogen) atoms. The van der Waals surface area contributed by atoms with Crippen LogP contribution in [0.2, 0.25) is 0 Å². The number of aliphatic carboxylic acids is 1. The Balaban J connectivity index is 1.42. The first kappa shape index (κ1) is 26.2. The minimum atomic E-state index is -0.837. The van der Waals surface area contributed by atoms with E-state index in [9.17, 15) is 23.9 Å². The van der Waals surface area contributed by atoms with Crippen LogP contribution in [0, 0.1) is 22.6 Å². The molecule has 0 aliphatic heterocycles. The first-order chi connectivity index (χ1) is 17.0. The Kier molecular flexibility index (Phi) is 7.48. The minimum absolute atomic E-state index is 0.0355. The summed E-state index contributed by atoms with van der Waals surface area (Å²) in [7, 11) is 1.37. The van der Waals surface area contributed by atoms with E-state index in [0.29, 0.717) is 45.1 Å². The lowest BCUT2D eigenvalue weighted by molar-refractivity contribution is -0.150. The van der Waals surface area contributed by atoms with E-state index in [0.717, 1.165) is 25.3 Å². The van der Waals surface area contributed by atoms with Crippen LogP contribution in [0.25, 0.3) is 0 Å². The summed E-state index contributed by atoms with van der Waals surface area (Å²) in [5, 5.41) is 15.4. The third-order valence-electron chi connectivity index (χ3n) is 8.31. The van der Waals surface area contributed by atoms with Crippen molar-refractivity contribution in [1.29, 1.82) is 0 Å². The molecule has 2 atom stereocenters. The number of nitrogens with one attached hydrogen (secondary N) is 2. The molecule has 3 aliphatic rings. The van der Waals surface area contributed by atoms with Crippen molar-refractivity contribution >= 4 is 17.8 Å². The number of ether oxygens (including phenoxy) is 2. The van der Waals surface area contributed by atoms with Gasteiger partial charge in [0.2, 0.25) is 5.91 Å². The van der Waals surface area contributed by atoms with Crippen molar-refractivity contribution in [1.82, 2.24) is 10.6 Å². The summed E-state index contributed by atoms with van der Waals surface area (Å²) in [4.78, 5) is 37.5. The fourth-order valence-corrected chi connectivity index (χ4v) is 5.23. The summed E-state index contributed by atoms with van der Waals surface area (Å²) in [6, 6.07) is 2.16. The lowest BCUT2D eigenvalue weighted by Gasteiger charge is -2.34. The zero-order valence-electron chi connectivity index (χ0n) is 21.3. The Hall–Kier alpha value is -2.84. The third-order valence-corrected chi connectivity index (χ3v) is 8.31. The largest absolute Gasteiger partial charge is 0.496 e. The molecule has 0 radical (unpaired) electrons. The highest BCUT2D eigenvalue weighted by molar-refractivity contribution is 5.98.